The minimum absolute atomic E-state index is 0.184. The molecule has 0 aliphatic carbocycles. The number of benzene rings is 1. The molecule has 0 bridgehead atoms. The van der Waals surface area contributed by atoms with Gasteiger partial charge in [-0.3, -0.25) is 0 Å². The van der Waals surface area contributed by atoms with Crippen LogP contribution in [0.2, 0.25) is 0 Å². The summed E-state index contributed by atoms with van der Waals surface area (Å²) in [5.74, 6) is 0.310. The SMILES string of the molecule is O=C(O)c1cc(NC2CCSC2)ccc1C(F)(F)F. The maximum atomic E-state index is 12.7. The van der Waals surface area contributed by atoms with Gasteiger partial charge in [-0.05, 0) is 30.4 Å². The van der Waals surface area contributed by atoms with Crippen molar-refractivity contribution in [3.63, 3.8) is 0 Å². The van der Waals surface area contributed by atoms with Gasteiger partial charge in [0.25, 0.3) is 0 Å². The molecule has 1 aliphatic rings. The van der Waals surface area contributed by atoms with Gasteiger partial charge in [0.15, 0.2) is 0 Å². The van der Waals surface area contributed by atoms with E-state index in [2.05, 4.69) is 5.32 Å². The minimum atomic E-state index is -4.66. The first-order valence-corrected chi connectivity index (χ1v) is 6.82. The molecule has 1 fully saturated rings. The number of carbonyl (C=O) groups is 1. The fourth-order valence-electron chi connectivity index (χ4n) is 1.94. The van der Waals surface area contributed by atoms with Crippen LogP contribution in [0.3, 0.4) is 0 Å². The summed E-state index contributed by atoms with van der Waals surface area (Å²) in [6.45, 7) is 0. The molecule has 7 heteroatoms. The second-order valence-electron chi connectivity index (χ2n) is 4.27. The van der Waals surface area contributed by atoms with Gasteiger partial charge in [0.1, 0.15) is 0 Å². The zero-order chi connectivity index (χ0) is 14.0. The van der Waals surface area contributed by atoms with E-state index in [1.54, 1.807) is 11.8 Å². The Labute approximate surface area is 112 Å². The Morgan fingerprint density at radius 3 is 2.68 bits per heavy atom. The predicted molar refractivity (Wildman–Crippen MR) is 67.8 cm³/mol. The Kier molecular flexibility index (Phi) is 3.93. The molecule has 19 heavy (non-hydrogen) atoms. The highest BCUT2D eigenvalue weighted by Crippen LogP contribution is 2.33. The quantitative estimate of drug-likeness (QED) is 0.897. The average molecular weight is 291 g/mol. The molecular formula is C12H12F3NO2S. The van der Waals surface area contributed by atoms with Gasteiger partial charge >= 0.3 is 12.1 Å². The van der Waals surface area contributed by atoms with Gasteiger partial charge < -0.3 is 10.4 Å². The maximum absolute atomic E-state index is 12.7. The predicted octanol–water partition coefficient (Wildman–Crippen LogP) is 3.32. The summed E-state index contributed by atoms with van der Waals surface area (Å²) in [6.07, 6.45) is -3.73. The van der Waals surface area contributed by atoms with Crippen molar-refractivity contribution in [2.24, 2.45) is 0 Å². The number of carboxylic acid groups (broad SMARTS) is 1. The van der Waals surface area contributed by atoms with Crippen LogP contribution in [0, 0.1) is 0 Å². The van der Waals surface area contributed by atoms with Crippen LogP contribution < -0.4 is 5.32 Å². The first kappa shape index (κ1) is 14.0. The third kappa shape index (κ3) is 3.34. The highest BCUT2D eigenvalue weighted by molar-refractivity contribution is 7.99. The van der Waals surface area contributed by atoms with Crippen LogP contribution in [0.1, 0.15) is 22.3 Å². The van der Waals surface area contributed by atoms with E-state index in [9.17, 15) is 18.0 Å². The Balaban J connectivity index is 2.28. The van der Waals surface area contributed by atoms with Crippen LogP contribution in [0.4, 0.5) is 18.9 Å². The first-order valence-electron chi connectivity index (χ1n) is 5.67. The van der Waals surface area contributed by atoms with E-state index in [-0.39, 0.29) is 6.04 Å². The number of aromatic carboxylic acids is 1. The molecule has 1 unspecified atom stereocenters. The molecule has 1 aromatic rings. The molecule has 1 aromatic carbocycles. The van der Waals surface area contributed by atoms with Gasteiger partial charge in [0.2, 0.25) is 0 Å². The largest absolute Gasteiger partial charge is 0.478 e. The fraction of sp³-hybridized carbons (Fsp3) is 0.417. The van der Waals surface area contributed by atoms with E-state index in [1.165, 1.54) is 6.07 Å². The molecule has 2 rings (SSSR count). The number of rotatable bonds is 3. The molecule has 1 heterocycles. The summed E-state index contributed by atoms with van der Waals surface area (Å²) in [7, 11) is 0. The Morgan fingerprint density at radius 1 is 1.42 bits per heavy atom. The van der Waals surface area contributed by atoms with Crippen LogP contribution in [0.5, 0.6) is 0 Å². The molecule has 0 amide bonds. The third-order valence-electron chi connectivity index (χ3n) is 2.86. The van der Waals surface area contributed by atoms with Crippen molar-refractivity contribution in [1.29, 1.82) is 0 Å². The highest BCUT2D eigenvalue weighted by Gasteiger charge is 2.35. The van der Waals surface area contributed by atoms with Crippen LogP contribution in [-0.4, -0.2) is 28.6 Å². The Hall–Kier alpha value is -1.37. The van der Waals surface area contributed by atoms with E-state index in [1.807, 2.05) is 0 Å². The third-order valence-corrected chi connectivity index (χ3v) is 4.02. The number of hydrogen-bond acceptors (Lipinski definition) is 3. The van der Waals surface area contributed by atoms with Crippen molar-refractivity contribution >= 4 is 23.4 Å². The first-order chi connectivity index (χ1) is 8.88. The molecule has 104 valence electrons. The average Bonchev–Trinajstić information content (AvgIpc) is 2.80. The van der Waals surface area contributed by atoms with Crippen molar-refractivity contribution in [2.75, 3.05) is 16.8 Å². The van der Waals surface area contributed by atoms with E-state index < -0.39 is 23.3 Å². The van der Waals surface area contributed by atoms with Gasteiger partial charge in [-0.1, -0.05) is 0 Å². The summed E-state index contributed by atoms with van der Waals surface area (Å²) >= 11 is 1.76. The molecule has 0 saturated carbocycles. The second-order valence-corrected chi connectivity index (χ2v) is 5.42. The molecule has 0 aromatic heterocycles. The monoisotopic (exact) mass is 291 g/mol. The van der Waals surface area contributed by atoms with E-state index in [0.29, 0.717) is 5.69 Å². The number of carboxylic acids is 1. The number of thioether (sulfide) groups is 1. The molecule has 1 saturated heterocycles. The van der Waals surface area contributed by atoms with Gasteiger partial charge in [-0.25, -0.2) is 4.79 Å². The molecule has 2 N–H and O–H groups in total. The van der Waals surface area contributed by atoms with Crippen molar-refractivity contribution in [3.05, 3.63) is 29.3 Å². The molecule has 1 aliphatic heterocycles. The van der Waals surface area contributed by atoms with E-state index >= 15 is 0 Å². The number of alkyl halides is 3. The second kappa shape index (κ2) is 5.32. The topological polar surface area (TPSA) is 49.3 Å². The molecule has 1 atom stereocenters. The van der Waals surface area contributed by atoms with Gasteiger partial charge in [0, 0.05) is 17.5 Å². The summed E-state index contributed by atoms with van der Waals surface area (Å²) < 4.78 is 38.0. The zero-order valence-electron chi connectivity index (χ0n) is 9.83. The fourth-order valence-corrected chi connectivity index (χ4v) is 3.09. The van der Waals surface area contributed by atoms with Crippen molar-refractivity contribution < 1.29 is 23.1 Å². The van der Waals surface area contributed by atoms with Crippen molar-refractivity contribution in [1.82, 2.24) is 0 Å². The van der Waals surface area contributed by atoms with Gasteiger partial charge in [-0.15, -0.1) is 0 Å². The lowest BCUT2D eigenvalue weighted by atomic mass is 10.1. The number of hydrogen-bond donors (Lipinski definition) is 2. The Bertz CT molecular complexity index is 484. The lowest BCUT2D eigenvalue weighted by molar-refractivity contribution is -0.138. The van der Waals surface area contributed by atoms with Crippen LogP contribution in [0.15, 0.2) is 18.2 Å². The minimum Gasteiger partial charge on any atom is -0.478 e. The number of halogens is 3. The van der Waals surface area contributed by atoms with Gasteiger partial charge in [-0.2, -0.15) is 24.9 Å². The molecular weight excluding hydrogens is 279 g/mol. The lowest BCUT2D eigenvalue weighted by Gasteiger charge is -2.16. The summed E-state index contributed by atoms with van der Waals surface area (Å²) in [6, 6.07) is 3.32. The smallest absolute Gasteiger partial charge is 0.417 e. The van der Waals surface area contributed by atoms with Crippen LogP contribution in [0.25, 0.3) is 0 Å². The van der Waals surface area contributed by atoms with Crippen molar-refractivity contribution in [3.8, 4) is 0 Å². The lowest BCUT2D eigenvalue weighted by Crippen LogP contribution is -2.19. The zero-order valence-corrected chi connectivity index (χ0v) is 10.6. The standard InChI is InChI=1S/C12H12F3NO2S/c13-12(14,15)10-2-1-7(5-9(10)11(17)18)16-8-3-4-19-6-8/h1-2,5,8,16H,3-4,6H2,(H,17,18). The van der Waals surface area contributed by atoms with Gasteiger partial charge in [0.05, 0.1) is 11.1 Å². The van der Waals surface area contributed by atoms with Crippen LogP contribution in [-0.2, 0) is 6.18 Å². The number of anilines is 1. The highest BCUT2D eigenvalue weighted by atomic mass is 32.2. The van der Waals surface area contributed by atoms with E-state index in [4.69, 9.17) is 5.11 Å². The number of nitrogens with one attached hydrogen (secondary N) is 1. The molecule has 0 radical (unpaired) electrons. The summed E-state index contributed by atoms with van der Waals surface area (Å²) in [5.41, 5.74) is -1.42. The normalized spacial score (nSPS) is 19.4. The van der Waals surface area contributed by atoms with Crippen molar-refractivity contribution in [2.45, 2.75) is 18.6 Å². The molecule has 0 spiro atoms. The Morgan fingerprint density at radius 2 is 2.16 bits per heavy atom. The van der Waals surface area contributed by atoms with E-state index in [0.717, 1.165) is 30.1 Å². The summed E-state index contributed by atoms with van der Waals surface area (Å²) in [4.78, 5) is 10.9. The maximum Gasteiger partial charge on any atom is 0.417 e. The molecule has 3 nitrogen and oxygen atoms in total. The summed E-state index contributed by atoms with van der Waals surface area (Å²) in [5, 5.41) is 11.9. The van der Waals surface area contributed by atoms with Crippen LogP contribution >= 0.6 is 11.8 Å².